The largest absolute Gasteiger partial charge is 0.366 e. The lowest BCUT2D eigenvalue weighted by atomic mass is 9.97. The Morgan fingerprint density at radius 2 is 1.92 bits per heavy atom. The molecule has 70 valence electrons. The molecule has 0 spiro atoms. The van der Waals surface area contributed by atoms with Crippen LogP contribution in [0.4, 0.5) is 0 Å². The molecule has 2 bridgehead atoms. The minimum absolute atomic E-state index is 0.0446. The smallest absolute Gasteiger partial charge is 0.160 e. The molecule has 0 radical (unpaired) electrons. The Balaban J connectivity index is 2.03. The highest BCUT2D eigenvalue weighted by Crippen LogP contribution is 2.51. The first-order chi connectivity index (χ1) is 5.49. The van der Waals surface area contributed by atoms with Gasteiger partial charge in [0.05, 0.1) is 5.60 Å². The fourth-order valence-electron chi connectivity index (χ4n) is 2.81. The van der Waals surface area contributed by atoms with Crippen molar-refractivity contribution in [3.63, 3.8) is 0 Å². The Morgan fingerprint density at radius 1 is 1.33 bits per heavy atom. The van der Waals surface area contributed by atoms with Crippen LogP contribution in [0.2, 0.25) is 0 Å². The first-order valence-corrected chi connectivity index (χ1v) is 4.92. The van der Waals surface area contributed by atoms with Crippen molar-refractivity contribution in [3.05, 3.63) is 0 Å². The van der Waals surface area contributed by atoms with E-state index in [0.717, 1.165) is 18.8 Å². The predicted molar refractivity (Wildman–Crippen MR) is 46.7 cm³/mol. The predicted octanol–water partition coefficient (Wildman–Crippen LogP) is 2.06. The molecule has 2 heteroatoms. The van der Waals surface area contributed by atoms with E-state index in [2.05, 4.69) is 0 Å². The minimum atomic E-state index is -0.945. The Kier molecular flexibility index (Phi) is 1.74. The normalized spacial score (nSPS) is 40.8. The molecule has 0 saturated heterocycles. The lowest BCUT2D eigenvalue weighted by molar-refractivity contribution is -0.242. The summed E-state index contributed by atoms with van der Waals surface area (Å²) in [5.74, 6) is -0.0634. The highest BCUT2D eigenvalue weighted by molar-refractivity contribution is 4.98. The molecule has 2 fully saturated rings. The van der Waals surface area contributed by atoms with Gasteiger partial charge in [0, 0.05) is 0 Å². The molecule has 0 heterocycles. The summed E-state index contributed by atoms with van der Waals surface area (Å²) in [6, 6.07) is 0. The van der Waals surface area contributed by atoms with Crippen LogP contribution >= 0.6 is 0 Å². The molecule has 0 atom stereocenters. The van der Waals surface area contributed by atoms with E-state index in [4.69, 9.17) is 4.74 Å². The van der Waals surface area contributed by atoms with Gasteiger partial charge < -0.3 is 9.84 Å². The molecule has 0 aromatic heterocycles. The number of hydrogen-bond acceptors (Lipinski definition) is 2. The van der Waals surface area contributed by atoms with Crippen molar-refractivity contribution in [2.24, 2.45) is 5.92 Å². The SMILES string of the molecule is CC(C)(O)OC12CCC(CC1)C2. The molecule has 1 N–H and O–H groups in total. The van der Waals surface area contributed by atoms with Gasteiger partial charge in [0.1, 0.15) is 0 Å². The van der Waals surface area contributed by atoms with Gasteiger partial charge in [-0.2, -0.15) is 0 Å². The van der Waals surface area contributed by atoms with Crippen LogP contribution in [0.3, 0.4) is 0 Å². The van der Waals surface area contributed by atoms with Crippen LogP contribution in [0.15, 0.2) is 0 Å². The van der Waals surface area contributed by atoms with E-state index in [-0.39, 0.29) is 5.60 Å². The molecular weight excluding hydrogens is 152 g/mol. The first kappa shape index (κ1) is 8.52. The molecule has 0 amide bonds. The summed E-state index contributed by atoms with van der Waals surface area (Å²) in [5.41, 5.74) is 0.0446. The second-order valence-corrected chi connectivity index (χ2v) is 4.88. The maximum Gasteiger partial charge on any atom is 0.160 e. The van der Waals surface area contributed by atoms with Gasteiger partial charge in [-0.05, 0) is 51.9 Å². The highest BCUT2D eigenvalue weighted by atomic mass is 16.6. The summed E-state index contributed by atoms with van der Waals surface area (Å²) in [6.07, 6.45) is 6.09. The zero-order valence-electron chi connectivity index (χ0n) is 7.97. The Hall–Kier alpha value is -0.0800. The van der Waals surface area contributed by atoms with Gasteiger partial charge in [0.15, 0.2) is 5.79 Å². The summed E-state index contributed by atoms with van der Waals surface area (Å²) in [6.45, 7) is 3.46. The molecule has 2 rings (SSSR count). The van der Waals surface area contributed by atoms with Crippen molar-refractivity contribution in [2.75, 3.05) is 0 Å². The molecule has 2 aliphatic rings. The Labute approximate surface area is 73.9 Å². The lowest BCUT2D eigenvalue weighted by Crippen LogP contribution is -2.38. The van der Waals surface area contributed by atoms with Gasteiger partial charge in [-0.25, -0.2) is 0 Å². The summed E-state index contributed by atoms with van der Waals surface area (Å²) >= 11 is 0. The summed E-state index contributed by atoms with van der Waals surface area (Å²) < 4.78 is 5.73. The van der Waals surface area contributed by atoms with E-state index in [1.165, 1.54) is 19.3 Å². The van der Waals surface area contributed by atoms with Crippen molar-refractivity contribution in [1.29, 1.82) is 0 Å². The van der Waals surface area contributed by atoms with Crippen LogP contribution in [0.25, 0.3) is 0 Å². The molecule has 0 aliphatic heterocycles. The van der Waals surface area contributed by atoms with E-state index in [1.54, 1.807) is 13.8 Å². The van der Waals surface area contributed by atoms with Crippen molar-refractivity contribution in [3.8, 4) is 0 Å². The Morgan fingerprint density at radius 3 is 2.25 bits per heavy atom. The zero-order valence-corrected chi connectivity index (χ0v) is 7.97. The van der Waals surface area contributed by atoms with Crippen molar-refractivity contribution < 1.29 is 9.84 Å². The van der Waals surface area contributed by atoms with Gasteiger partial charge in [-0.1, -0.05) is 0 Å². The fraction of sp³-hybridized carbons (Fsp3) is 1.00. The number of hydrogen-bond donors (Lipinski definition) is 1. The van der Waals surface area contributed by atoms with E-state index >= 15 is 0 Å². The third kappa shape index (κ3) is 1.50. The van der Waals surface area contributed by atoms with Crippen molar-refractivity contribution in [2.45, 2.75) is 57.3 Å². The fourth-order valence-corrected chi connectivity index (χ4v) is 2.81. The number of ether oxygens (including phenoxy) is 1. The lowest BCUT2D eigenvalue weighted by Gasteiger charge is -2.33. The summed E-state index contributed by atoms with van der Waals surface area (Å²) in [5, 5.41) is 9.57. The second-order valence-electron chi connectivity index (χ2n) is 4.88. The number of aliphatic hydroxyl groups is 1. The van der Waals surface area contributed by atoms with E-state index in [1.807, 2.05) is 0 Å². The van der Waals surface area contributed by atoms with E-state index in [0.29, 0.717) is 0 Å². The van der Waals surface area contributed by atoms with Crippen LogP contribution in [-0.4, -0.2) is 16.5 Å². The van der Waals surface area contributed by atoms with Crippen LogP contribution in [0, 0.1) is 5.92 Å². The summed E-state index contributed by atoms with van der Waals surface area (Å²) in [4.78, 5) is 0. The van der Waals surface area contributed by atoms with E-state index in [9.17, 15) is 5.11 Å². The molecule has 0 aromatic carbocycles. The minimum Gasteiger partial charge on any atom is -0.366 e. The molecule has 2 saturated carbocycles. The highest BCUT2D eigenvalue weighted by Gasteiger charge is 2.48. The molecule has 12 heavy (non-hydrogen) atoms. The number of rotatable bonds is 2. The quantitative estimate of drug-likeness (QED) is 0.643. The standard InChI is InChI=1S/C10H18O2/c1-9(2,11)12-10-5-3-8(7-10)4-6-10/h8,11H,3-7H2,1-2H3. The molecule has 0 aromatic rings. The Bertz CT molecular complexity index is 173. The van der Waals surface area contributed by atoms with Crippen LogP contribution in [0.5, 0.6) is 0 Å². The molecule has 2 nitrogen and oxygen atoms in total. The van der Waals surface area contributed by atoms with Gasteiger partial charge >= 0.3 is 0 Å². The van der Waals surface area contributed by atoms with E-state index < -0.39 is 5.79 Å². The van der Waals surface area contributed by atoms with Crippen molar-refractivity contribution >= 4 is 0 Å². The van der Waals surface area contributed by atoms with Gasteiger partial charge in [0.25, 0.3) is 0 Å². The molecule has 2 aliphatic carbocycles. The second kappa shape index (κ2) is 2.46. The van der Waals surface area contributed by atoms with Crippen molar-refractivity contribution in [1.82, 2.24) is 0 Å². The van der Waals surface area contributed by atoms with Gasteiger partial charge in [-0.3, -0.25) is 0 Å². The monoisotopic (exact) mass is 170 g/mol. The topological polar surface area (TPSA) is 29.5 Å². The third-order valence-corrected chi connectivity index (χ3v) is 3.14. The molecule has 0 unspecified atom stereocenters. The maximum absolute atomic E-state index is 9.57. The average molecular weight is 170 g/mol. The average Bonchev–Trinajstić information content (AvgIpc) is 2.40. The molecular formula is C10H18O2. The third-order valence-electron chi connectivity index (χ3n) is 3.14. The van der Waals surface area contributed by atoms with Crippen LogP contribution in [0.1, 0.15) is 46.0 Å². The van der Waals surface area contributed by atoms with Gasteiger partial charge in [-0.15, -0.1) is 0 Å². The first-order valence-electron chi connectivity index (χ1n) is 4.92. The maximum atomic E-state index is 9.57. The zero-order chi connectivity index (χ0) is 8.82. The number of fused-ring (bicyclic) bond motifs is 2. The van der Waals surface area contributed by atoms with Gasteiger partial charge in [0.2, 0.25) is 0 Å². The summed E-state index contributed by atoms with van der Waals surface area (Å²) in [7, 11) is 0. The van der Waals surface area contributed by atoms with Crippen LogP contribution in [-0.2, 0) is 4.74 Å². The van der Waals surface area contributed by atoms with Crippen LogP contribution < -0.4 is 0 Å².